The Morgan fingerprint density at radius 3 is 2.00 bits per heavy atom. The van der Waals surface area contributed by atoms with E-state index < -0.39 is 11.6 Å². The molecule has 0 saturated carbocycles. The summed E-state index contributed by atoms with van der Waals surface area (Å²) in [4.78, 5) is 12.3. The lowest BCUT2D eigenvalue weighted by Crippen LogP contribution is -2.04. The van der Waals surface area contributed by atoms with E-state index in [2.05, 4.69) is 15.9 Å². The first-order chi connectivity index (χ1) is 11.5. The summed E-state index contributed by atoms with van der Waals surface area (Å²) in [7, 11) is 0. The molecule has 0 aliphatic heterocycles. The first-order valence-electron chi connectivity index (χ1n) is 7.06. The number of ketones is 1. The molecule has 0 N–H and O–H groups in total. The van der Waals surface area contributed by atoms with E-state index >= 15 is 0 Å². The van der Waals surface area contributed by atoms with Crippen molar-refractivity contribution in [2.45, 2.75) is 0 Å². The molecule has 2 nitrogen and oxygen atoms in total. The van der Waals surface area contributed by atoms with Gasteiger partial charge in [0.15, 0.2) is 5.78 Å². The summed E-state index contributed by atoms with van der Waals surface area (Å²) in [5.74, 6) is -0.363. The van der Waals surface area contributed by atoms with Crippen LogP contribution in [0.3, 0.4) is 0 Å². The Kier molecular flexibility index (Phi) is 4.71. The summed E-state index contributed by atoms with van der Waals surface area (Å²) in [5, 5.41) is 0. The van der Waals surface area contributed by atoms with Crippen LogP contribution in [0.1, 0.15) is 15.9 Å². The normalized spacial score (nSPS) is 10.5. The minimum absolute atomic E-state index is 0.00500. The van der Waals surface area contributed by atoms with Gasteiger partial charge >= 0.3 is 0 Å². The van der Waals surface area contributed by atoms with Crippen LogP contribution in [0.5, 0.6) is 11.5 Å². The number of hydrogen-bond acceptors (Lipinski definition) is 2. The molecule has 0 saturated heterocycles. The highest BCUT2D eigenvalue weighted by atomic mass is 79.9. The summed E-state index contributed by atoms with van der Waals surface area (Å²) in [6.45, 7) is 0. The summed E-state index contributed by atoms with van der Waals surface area (Å²) in [6.07, 6.45) is 0. The zero-order valence-electron chi connectivity index (χ0n) is 12.3. The number of halogens is 3. The topological polar surface area (TPSA) is 26.3 Å². The van der Waals surface area contributed by atoms with Gasteiger partial charge in [0.1, 0.15) is 23.1 Å². The molecule has 0 radical (unpaired) electrons. The van der Waals surface area contributed by atoms with E-state index in [-0.39, 0.29) is 11.4 Å². The van der Waals surface area contributed by atoms with Gasteiger partial charge in [-0.15, -0.1) is 0 Å². The monoisotopic (exact) mass is 388 g/mol. The van der Waals surface area contributed by atoms with Crippen molar-refractivity contribution in [2.24, 2.45) is 0 Å². The Hall–Kier alpha value is -2.53. The second-order valence-electron chi connectivity index (χ2n) is 5.03. The smallest absolute Gasteiger partial charge is 0.195 e. The number of hydrogen-bond donors (Lipinski definition) is 0. The maximum atomic E-state index is 13.9. The summed E-state index contributed by atoms with van der Waals surface area (Å²) in [6, 6.07) is 16.2. The fourth-order valence-corrected chi connectivity index (χ4v) is 2.48. The quantitative estimate of drug-likeness (QED) is 0.531. The van der Waals surface area contributed by atoms with Crippen LogP contribution in [-0.4, -0.2) is 5.78 Å². The molecule has 3 rings (SSSR count). The second-order valence-corrected chi connectivity index (χ2v) is 5.95. The van der Waals surface area contributed by atoms with Gasteiger partial charge in [-0.05, 0) is 66.7 Å². The molecule has 0 atom stereocenters. The zero-order valence-corrected chi connectivity index (χ0v) is 13.9. The molecule has 0 amide bonds. The first-order valence-corrected chi connectivity index (χ1v) is 7.85. The third kappa shape index (κ3) is 3.68. The van der Waals surface area contributed by atoms with Crippen molar-refractivity contribution in [1.29, 1.82) is 0 Å². The van der Waals surface area contributed by atoms with Gasteiger partial charge in [0.25, 0.3) is 0 Å². The molecule has 0 bridgehead atoms. The molecule has 3 aromatic carbocycles. The highest BCUT2D eigenvalue weighted by molar-refractivity contribution is 9.10. The third-order valence-electron chi connectivity index (χ3n) is 3.34. The summed E-state index contributed by atoms with van der Waals surface area (Å²) in [5.41, 5.74) is 0.355. The van der Waals surface area contributed by atoms with Crippen molar-refractivity contribution in [3.8, 4) is 11.5 Å². The molecule has 120 valence electrons. The molecule has 3 aromatic rings. The van der Waals surface area contributed by atoms with Crippen LogP contribution in [0.4, 0.5) is 8.78 Å². The van der Waals surface area contributed by atoms with Gasteiger partial charge in [-0.1, -0.05) is 15.9 Å². The number of carbonyl (C=O) groups excluding carboxylic acids is 1. The van der Waals surface area contributed by atoms with E-state index in [9.17, 15) is 13.6 Å². The summed E-state index contributed by atoms with van der Waals surface area (Å²) < 4.78 is 32.9. The van der Waals surface area contributed by atoms with Gasteiger partial charge in [-0.2, -0.15) is 0 Å². The number of carbonyl (C=O) groups is 1. The Balaban J connectivity index is 1.78. The van der Waals surface area contributed by atoms with Crippen molar-refractivity contribution < 1.29 is 18.3 Å². The molecule has 0 spiro atoms. The SMILES string of the molecule is O=C(c1ccc(Oc2ccc(F)cc2)cc1)c1ccc(Br)cc1F. The van der Waals surface area contributed by atoms with Gasteiger partial charge in [-0.25, -0.2) is 8.78 Å². The van der Waals surface area contributed by atoms with Crippen molar-refractivity contribution >= 4 is 21.7 Å². The number of benzene rings is 3. The van der Waals surface area contributed by atoms with Crippen LogP contribution in [0.2, 0.25) is 0 Å². The average Bonchev–Trinajstić information content (AvgIpc) is 2.57. The zero-order chi connectivity index (χ0) is 17.1. The van der Waals surface area contributed by atoms with Crippen LogP contribution in [0.15, 0.2) is 71.2 Å². The van der Waals surface area contributed by atoms with Gasteiger partial charge in [0.2, 0.25) is 0 Å². The third-order valence-corrected chi connectivity index (χ3v) is 3.83. The molecule has 0 unspecified atom stereocenters. The van der Waals surface area contributed by atoms with Crippen LogP contribution in [-0.2, 0) is 0 Å². The van der Waals surface area contributed by atoms with E-state index in [1.807, 2.05) is 0 Å². The van der Waals surface area contributed by atoms with Crippen molar-refractivity contribution in [3.63, 3.8) is 0 Å². The molecule has 5 heteroatoms. The Bertz CT molecular complexity index is 875. The average molecular weight is 389 g/mol. The van der Waals surface area contributed by atoms with Gasteiger partial charge in [0, 0.05) is 10.0 Å². The van der Waals surface area contributed by atoms with E-state index in [0.29, 0.717) is 21.5 Å². The molecular formula is C19H11BrF2O2. The molecule has 0 aliphatic rings. The molecule has 0 aromatic heterocycles. The van der Waals surface area contributed by atoms with Crippen molar-refractivity contribution in [3.05, 3.63) is 94.0 Å². The molecule has 0 heterocycles. The lowest BCUT2D eigenvalue weighted by atomic mass is 10.0. The fraction of sp³-hybridized carbons (Fsp3) is 0. The highest BCUT2D eigenvalue weighted by Crippen LogP contribution is 2.23. The standard InChI is InChI=1S/C19H11BrF2O2/c20-13-3-10-17(18(22)11-13)19(23)12-1-6-15(7-2-12)24-16-8-4-14(21)5-9-16/h1-11H. The Morgan fingerprint density at radius 2 is 1.42 bits per heavy atom. The number of ether oxygens (including phenoxy) is 1. The maximum Gasteiger partial charge on any atom is 0.195 e. The van der Waals surface area contributed by atoms with E-state index in [4.69, 9.17) is 4.74 Å². The Morgan fingerprint density at radius 1 is 0.833 bits per heavy atom. The predicted molar refractivity (Wildman–Crippen MR) is 90.4 cm³/mol. The maximum absolute atomic E-state index is 13.9. The minimum atomic E-state index is -0.582. The predicted octanol–water partition coefficient (Wildman–Crippen LogP) is 5.75. The lowest BCUT2D eigenvalue weighted by molar-refractivity contribution is 0.103. The van der Waals surface area contributed by atoms with E-state index in [0.717, 1.165) is 0 Å². The van der Waals surface area contributed by atoms with Gasteiger partial charge in [0.05, 0.1) is 5.56 Å². The van der Waals surface area contributed by atoms with Crippen LogP contribution >= 0.6 is 15.9 Å². The first kappa shape index (κ1) is 16.3. The van der Waals surface area contributed by atoms with Gasteiger partial charge in [-0.3, -0.25) is 4.79 Å². The highest BCUT2D eigenvalue weighted by Gasteiger charge is 2.14. The molecule has 0 fully saturated rings. The largest absolute Gasteiger partial charge is 0.457 e. The second kappa shape index (κ2) is 6.93. The lowest BCUT2D eigenvalue weighted by Gasteiger charge is -2.07. The number of rotatable bonds is 4. The van der Waals surface area contributed by atoms with Gasteiger partial charge < -0.3 is 4.74 Å². The van der Waals surface area contributed by atoms with E-state index in [1.54, 1.807) is 30.3 Å². The van der Waals surface area contributed by atoms with Crippen molar-refractivity contribution in [1.82, 2.24) is 0 Å². The van der Waals surface area contributed by atoms with Crippen molar-refractivity contribution in [2.75, 3.05) is 0 Å². The molecule has 24 heavy (non-hydrogen) atoms. The van der Waals surface area contributed by atoms with E-state index in [1.165, 1.54) is 36.4 Å². The minimum Gasteiger partial charge on any atom is -0.457 e. The van der Waals surface area contributed by atoms with Crippen LogP contribution in [0, 0.1) is 11.6 Å². The summed E-state index contributed by atoms with van der Waals surface area (Å²) >= 11 is 3.16. The van der Waals surface area contributed by atoms with Crippen LogP contribution in [0.25, 0.3) is 0 Å². The Labute approximate surface area is 145 Å². The fourth-order valence-electron chi connectivity index (χ4n) is 2.14. The van der Waals surface area contributed by atoms with Crippen LogP contribution < -0.4 is 4.74 Å². The molecular weight excluding hydrogens is 378 g/mol. The molecule has 0 aliphatic carbocycles.